The molecule has 0 unspecified atom stereocenters. The topological polar surface area (TPSA) is 89.5 Å². The van der Waals surface area contributed by atoms with Crippen LogP contribution in [0, 0.1) is 5.92 Å². The van der Waals surface area contributed by atoms with Crippen LogP contribution in [0.4, 0.5) is 0 Å². The van der Waals surface area contributed by atoms with E-state index >= 15 is 4.79 Å². The second-order valence-electron chi connectivity index (χ2n) is 12.1. The van der Waals surface area contributed by atoms with E-state index < -0.39 is 46.2 Å². The normalized spacial score (nSPS) is 29.8. The molecule has 0 aromatic heterocycles. The third kappa shape index (κ3) is 7.07. The van der Waals surface area contributed by atoms with E-state index in [4.69, 9.17) is 28.4 Å². The maximum atomic E-state index is 15.1. The number of thioether (sulfide) groups is 2. The first-order chi connectivity index (χ1) is 19.9. The third-order valence-corrected chi connectivity index (χ3v) is 10.5. The van der Waals surface area contributed by atoms with Gasteiger partial charge in [0.05, 0.1) is 18.3 Å². The minimum atomic E-state index is -1.10. The van der Waals surface area contributed by atoms with Crippen molar-refractivity contribution in [2.75, 3.05) is 13.7 Å². The molecule has 3 aliphatic heterocycles. The maximum absolute atomic E-state index is 15.1. The highest BCUT2D eigenvalue weighted by Gasteiger charge is 2.60. The van der Waals surface area contributed by atoms with Crippen molar-refractivity contribution in [1.29, 1.82) is 0 Å². The monoisotopic (exact) mass is 616 g/mol. The number of benzene rings is 2. The first-order valence-corrected chi connectivity index (χ1v) is 15.9. The molecule has 3 saturated heterocycles. The molecule has 0 N–H and O–H groups in total. The van der Waals surface area contributed by atoms with Crippen molar-refractivity contribution in [2.24, 2.45) is 5.92 Å². The van der Waals surface area contributed by atoms with Crippen LogP contribution in [0.5, 0.6) is 0 Å². The van der Waals surface area contributed by atoms with Crippen LogP contribution in [-0.4, -0.2) is 71.6 Å². The highest BCUT2D eigenvalue weighted by atomic mass is 32.2. The lowest BCUT2D eigenvalue weighted by atomic mass is 9.91. The minimum Gasteiger partial charge on any atom is -0.465 e. The number of carbonyl (C=O) groups excluding carboxylic acids is 2. The average molecular weight is 617 g/mol. The molecular weight excluding hydrogens is 576 g/mol. The molecule has 42 heavy (non-hydrogen) atoms. The van der Waals surface area contributed by atoms with Gasteiger partial charge in [-0.3, -0.25) is 9.59 Å². The van der Waals surface area contributed by atoms with Crippen molar-refractivity contribution in [3.05, 3.63) is 60.7 Å². The number of rotatable bonds is 11. The van der Waals surface area contributed by atoms with Crippen LogP contribution in [0.1, 0.15) is 47.5 Å². The van der Waals surface area contributed by atoms with Crippen LogP contribution in [0.3, 0.4) is 0 Å². The summed E-state index contributed by atoms with van der Waals surface area (Å²) in [5.41, 5.74) is -0.561. The quantitative estimate of drug-likeness (QED) is 0.174. The van der Waals surface area contributed by atoms with Gasteiger partial charge in [-0.15, -0.1) is 0 Å². The summed E-state index contributed by atoms with van der Waals surface area (Å²) in [5.74, 6) is -1.58. The minimum absolute atomic E-state index is 0.0906. The zero-order chi connectivity index (χ0) is 30.1. The molecule has 0 saturated carbocycles. The van der Waals surface area contributed by atoms with Crippen molar-refractivity contribution in [2.45, 2.75) is 103 Å². The lowest BCUT2D eigenvalue weighted by molar-refractivity contribution is -0.227. The number of hydrogen-bond acceptors (Lipinski definition) is 10. The van der Waals surface area contributed by atoms with E-state index in [9.17, 15) is 4.79 Å². The molecule has 10 heteroatoms. The number of carbonyl (C=O) groups is 2. The largest absolute Gasteiger partial charge is 0.465 e. The van der Waals surface area contributed by atoms with Gasteiger partial charge in [0.15, 0.2) is 17.9 Å². The first kappa shape index (κ1) is 31.5. The summed E-state index contributed by atoms with van der Waals surface area (Å²) in [5, 5.41) is 0. The van der Waals surface area contributed by atoms with Gasteiger partial charge in [0.1, 0.15) is 22.4 Å². The summed E-state index contributed by atoms with van der Waals surface area (Å²) in [6, 6.07) is 19.8. The second kappa shape index (κ2) is 12.6. The van der Waals surface area contributed by atoms with Gasteiger partial charge in [-0.05, 0) is 58.4 Å². The van der Waals surface area contributed by atoms with E-state index in [1.54, 1.807) is 7.11 Å². The summed E-state index contributed by atoms with van der Waals surface area (Å²) in [6.45, 7) is 9.18. The smallest absolute Gasteiger partial charge is 0.302 e. The molecule has 8 nitrogen and oxygen atoms in total. The summed E-state index contributed by atoms with van der Waals surface area (Å²) >= 11 is 2.98. The van der Waals surface area contributed by atoms with Gasteiger partial charge >= 0.3 is 5.97 Å². The van der Waals surface area contributed by atoms with Gasteiger partial charge in [-0.25, -0.2) is 0 Å². The number of ether oxygens (including phenoxy) is 6. The molecular formula is C32H40O8S2. The molecule has 0 aliphatic carbocycles. The molecule has 0 spiro atoms. The Bertz CT molecular complexity index is 1200. The van der Waals surface area contributed by atoms with Crippen molar-refractivity contribution in [1.82, 2.24) is 0 Å². The standard InChI is InChI=1S/C32H40O8S2/c1-20(33)36-19-21-17-30(2,3)38-25(21)28(34)32(41-22-13-9-7-10-14-22,42-23-15-11-8-12-16-23)18-24-26-27(29(35-6)37-24)40-31(4,5)39-26/h7-16,21,24-27,29H,17-19H2,1-6H3/t21-,24+,25-,26+,27+,29+/m0/s1. The Labute approximate surface area is 256 Å². The predicted molar refractivity (Wildman–Crippen MR) is 160 cm³/mol. The van der Waals surface area contributed by atoms with E-state index in [-0.39, 0.29) is 24.3 Å². The number of methoxy groups -OCH3 is 1. The summed E-state index contributed by atoms with van der Waals surface area (Å²) in [4.78, 5) is 28.7. The fourth-order valence-electron chi connectivity index (χ4n) is 6.01. The van der Waals surface area contributed by atoms with E-state index in [2.05, 4.69) is 0 Å². The van der Waals surface area contributed by atoms with E-state index in [0.29, 0.717) is 12.8 Å². The Balaban J connectivity index is 1.57. The molecule has 5 rings (SSSR count). The van der Waals surface area contributed by atoms with Crippen molar-refractivity contribution in [3.8, 4) is 0 Å². The van der Waals surface area contributed by atoms with Crippen LogP contribution >= 0.6 is 23.5 Å². The van der Waals surface area contributed by atoms with Crippen LogP contribution < -0.4 is 0 Å². The zero-order valence-corrected chi connectivity index (χ0v) is 26.6. The van der Waals surface area contributed by atoms with Crippen molar-refractivity contribution >= 4 is 35.3 Å². The van der Waals surface area contributed by atoms with Crippen LogP contribution in [0.25, 0.3) is 0 Å². The number of ketones is 1. The molecule has 0 radical (unpaired) electrons. The van der Waals surface area contributed by atoms with E-state index in [1.807, 2.05) is 88.4 Å². The Hall–Kier alpha value is -1.92. The SMILES string of the molecule is CO[C@@H]1O[C@H](CC(Sc2ccccc2)(Sc2ccccc2)C(=O)[C@H]2OC(C)(C)C[C@H]2COC(C)=O)[C@H]2OC(C)(C)O[C@@H]12. The summed E-state index contributed by atoms with van der Waals surface area (Å²) < 4.78 is 35.4. The van der Waals surface area contributed by atoms with Gasteiger partial charge in [-0.1, -0.05) is 59.9 Å². The fourth-order valence-corrected chi connectivity index (χ4v) is 9.03. The molecule has 0 amide bonds. The van der Waals surface area contributed by atoms with Crippen LogP contribution in [0.2, 0.25) is 0 Å². The number of fused-ring (bicyclic) bond motifs is 1. The maximum Gasteiger partial charge on any atom is 0.302 e. The number of hydrogen-bond donors (Lipinski definition) is 0. The molecule has 3 fully saturated rings. The van der Waals surface area contributed by atoms with Crippen LogP contribution in [0.15, 0.2) is 70.5 Å². The summed E-state index contributed by atoms with van der Waals surface area (Å²) in [6.07, 6.45) is -1.89. The molecule has 3 aliphatic rings. The Morgan fingerprint density at radius 1 is 0.905 bits per heavy atom. The van der Waals surface area contributed by atoms with Gasteiger partial charge in [0.25, 0.3) is 0 Å². The number of Topliss-reactive ketones (excluding diaryl/α,β-unsaturated/α-hetero) is 1. The Kier molecular flexibility index (Phi) is 9.45. The fraction of sp³-hybridized carbons (Fsp3) is 0.562. The van der Waals surface area contributed by atoms with Crippen molar-refractivity contribution < 1.29 is 38.0 Å². The molecule has 2 aromatic rings. The molecule has 228 valence electrons. The van der Waals surface area contributed by atoms with Crippen LogP contribution in [-0.2, 0) is 38.0 Å². The first-order valence-electron chi connectivity index (χ1n) is 14.3. The molecule has 6 atom stereocenters. The number of esters is 1. The van der Waals surface area contributed by atoms with E-state index in [0.717, 1.165) is 9.79 Å². The Morgan fingerprint density at radius 2 is 1.48 bits per heavy atom. The average Bonchev–Trinajstić information content (AvgIpc) is 3.54. The highest BCUT2D eigenvalue weighted by molar-refractivity contribution is 8.19. The van der Waals surface area contributed by atoms with Gasteiger partial charge < -0.3 is 28.4 Å². The summed E-state index contributed by atoms with van der Waals surface area (Å²) in [7, 11) is 1.59. The molecule has 0 bridgehead atoms. The lowest BCUT2D eigenvalue weighted by Gasteiger charge is -2.37. The van der Waals surface area contributed by atoms with Gasteiger partial charge in [-0.2, -0.15) is 0 Å². The van der Waals surface area contributed by atoms with Gasteiger partial charge in [0.2, 0.25) is 0 Å². The van der Waals surface area contributed by atoms with Crippen molar-refractivity contribution in [3.63, 3.8) is 0 Å². The molecule has 2 aromatic carbocycles. The molecule has 3 heterocycles. The van der Waals surface area contributed by atoms with E-state index in [1.165, 1.54) is 30.4 Å². The van der Waals surface area contributed by atoms with Gasteiger partial charge in [0, 0.05) is 36.2 Å². The zero-order valence-electron chi connectivity index (χ0n) is 24.9. The predicted octanol–water partition coefficient (Wildman–Crippen LogP) is 5.86. The third-order valence-electron chi connectivity index (χ3n) is 7.62. The highest BCUT2D eigenvalue weighted by Crippen LogP contribution is 2.54. The Morgan fingerprint density at radius 3 is 2.02 bits per heavy atom. The second-order valence-corrected chi connectivity index (χ2v) is 15.1. The lowest BCUT2D eigenvalue weighted by Crippen LogP contribution is -2.47.